The van der Waals surface area contributed by atoms with Gasteiger partial charge >= 0.3 is 0 Å². The average molecular weight is 238 g/mol. The first-order valence-corrected chi connectivity index (χ1v) is 4.89. The Morgan fingerprint density at radius 1 is 1.38 bits per heavy atom. The number of hydrogen-bond acceptors (Lipinski definition) is 4. The number of carbonyl (C=O) groups excluding carboxylic acids is 1. The fourth-order valence-corrected chi connectivity index (χ4v) is 1.25. The van der Waals surface area contributed by atoms with Crippen LogP contribution in [-0.2, 0) is 6.54 Å². The van der Waals surface area contributed by atoms with Gasteiger partial charge in [0.25, 0.3) is 5.91 Å². The van der Waals surface area contributed by atoms with E-state index in [2.05, 4.69) is 25.9 Å². The lowest BCUT2D eigenvalue weighted by Gasteiger charge is -2.01. The van der Waals surface area contributed by atoms with Crippen molar-refractivity contribution < 1.29 is 4.79 Å². The molecule has 0 unspecified atom stereocenters. The van der Waals surface area contributed by atoms with Gasteiger partial charge in [-0.3, -0.25) is 4.79 Å². The van der Waals surface area contributed by atoms with Crippen LogP contribution in [0, 0.1) is 0 Å². The SMILES string of the molecule is O=C(NCc1nn[nH]n1)c1ccc(Cl)cc1. The number of H-pyrrole nitrogens is 1. The molecule has 2 rings (SSSR count). The van der Waals surface area contributed by atoms with Crippen molar-refractivity contribution in [2.24, 2.45) is 0 Å². The lowest BCUT2D eigenvalue weighted by Crippen LogP contribution is -2.23. The van der Waals surface area contributed by atoms with Crippen molar-refractivity contribution in [2.75, 3.05) is 0 Å². The maximum atomic E-state index is 11.6. The van der Waals surface area contributed by atoms with Gasteiger partial charge in [0.05, 0.1) is 6.54 Å². The molecule has 0 atom stereocenters. The number of halogens is 1. The lowest BCUT2D eigenvalue weighted by atomic mass is 10.2. The highest BCUT2D eigenvalue weighted by molar-refractivity contribution is 6.30. The number of amides is 1. The Balaban J connectivity index is 1.95. The van der Waals surface area contributed by atoms with Gasteiger partial charge in [0.1, 0.15) is 0 Å². The number of carbonyl (C=O) groups is 1. The molecular weight excluding hydrogens is 230 g/mol. The van der Waals surface area contributed by atoms with E-state index in [-0.39, 0.29) is 12.5 Å². The van der Waals surface area contributed by atoms with Gasteiger partial charge in [-0.05, 0) is 24.3 Å². The van der Waals surface area contributed by atoms with E-state index in [4.69, 9.17) is 11.6 Å². The standard InChI is InChI=1S/C9H8ClN5O/c10-7-3-1-6(2-4-7)9(16)11-5-8-12-14-15-13-8/h1-4H,5H2,(H,11,16)(H,12,13,14,15). The van der Waals surface area contributed by atoms with E-state index >= 15 is 0 Å². The molecule has 82 valence electrons. The van der Waals surface area contributed by atoms with E-state index in [1.807, 2.05) is 0 Å². The molecule has 0 aliphatic rings. The van der Waals surface area contributed by atoms with Crippen LogP contribution in [0.5, 0.6) is 0 Å². The van der Waals surface area contributed by atoms with E-state index in [0.29, 0.717) is 16.4 Å². The van der Waals surface area contributed by atoms with Crippen LogP contribution in [0.4, 0.5) is 0 Å². The third-order valence-electron chi connectivity index (χ3n) is 1.90. The van der Waals surface area contributed by atoms with Crippen molar-refractivity contribution in [1.29, 1.82) is 0 Å². The smallest absolute Gasteiger partial charge is 0.251 e. The van der Waals surface area contributed by atoms with E-state index < -0.39 is 0 Å². The first-order chi connectivity index (χ1) is 7.75. The van der Waals surface area contributed by atoms with Gasteiger partial charge in [0.2, 0.25) is 0 Å². The Morgan fingerprint density at radius 2 is 2.12 bits per heavy atom. The predicted octanol–water partition coefficient (Wildman–Crippen LogP) is 0.783. The second kappa shape index (κ2) is 4.71. The summed E-state index contributed by atoms with van der Waals surface area (Å²) < 4.78 is 0. The second-order valence-electron chi connectivity index (χ2n) is 3.02. The Bertz CT molecular complexity index is 467. The van der Waals surface area contributed by atoms with Crippen LogP contribution in [0.2, 0.25) is 5.02 Å². The molecular formula is C9H8ClN5O. The molecule has 0 fully saturated rings. The van der Waals surface area contributed by atoms with Crippen molar-refractivity contribution in [3.05, 3.63) is 40.7 Å². The largest absolute Gasteiger partial charge is 0.345 e. The predicted molar refractivity (Wildman–Crippen MR) is 56.8 cm³/mol. The lowest BCUT2D eigenvalue weighted by molar-refractivity contribution is 0.0950. The van der Waals surface area contributed by atoms with Crippen LogP contribution in [0.3, 0.4) is 0 Å². The number of aromatic amines is 1. The molecule has 2 aromatic rings. The Morgan fingerprint density at radius 3 is 2.75 bits per heavy atom. The summed E-state index contributed by atoms with van der Waals surface area (Å²) in [5.41, 5.74) is 0.535. The second-order valence-corrected chi connectivity index (χ2v) is 3.45. The number of nitrogens with one attached hydrogen (secondary N) is 2. The summed E-state index contributed by atoms with van der Waals surface area (Å²) in [5, 5.41) is 16.4. The molecule has 0 saturated carbocycles. The summed E-state index contributed by atoms with van der Waals surface area (Å²) in [5.74, 6) is 0.226. The van der Waals surface area contributed by atoms with E-state index in [1.54, 1.807) is 24.3 Å². The van der Waals surface area contributed by atoms with E-state index in [1.165, 1.54) is 0 Å². The number of tetrazole rings is 1. The number of benzene rings is 1. The maximum absolute atomic E-state index is 11.6. The molecule has 1 aromatic heterocycles. The van der Waals surface area contributed by atoms with Gasteiger partial charge in [-0.15, -0.1) is 10.2 Å². The Kier molecular flexibility index (Phi) is 3.11. The molecule has 2 N–H and O–H groups in total. The van der Waals surface area contributed by atoms with Crippen molar-refractivity contribution in [2.45, 2.75) is 6.54 Å². The summed E-state index contributed by atoms with van der Waals surface area (Å²) in [4.78, 5) is 11.6. The molecule has 1 aromatic carbocycles. The monoisotopic (exact) mass is 237 g/mol. The fraction of sp³-hybridized carbons (Fsp3) is 0.111. The first-order valence-electron chi connectivity index (χ1n) is 4.52. The number of nitrogens with zero attached hydrogens (tertiary/aromatic N) is 3. The molecule has 0 spiro atoms. The van der Waals surface area contributed by atoms with Gasteiger partial charge in [-0.2, -0.15) is 5.21 Å². The van der Waals surface area contributed by atoms with Gasteiger partial charge < -0.3 is 5.32 Å². The minimum atomic E-state index is -0.207. The Hall–Kier alpha value is -1.95. The van der Waals surface area contributed by atoms with Gasteiger partial charge in [0, 0.05) is 10.6 Å². The summed E-state index contributed by atoms with van der Waals surface area (Å²) in [6.45, 7) is 0.234. The molecule has 0 aliphatic carbocycles. The number of rotatable bonds is 3. The van der Waals surface area contributed by atoms with Crippen molar-refractivity contribution >= 4 is 17.5 Å². The molecule has 0 bridgehead atoms. The first kappa shape index (κ1) is 10.6. The molecule has 1 heterocycles. The van der Waals surface area contributed by atoms with Crippen LogP contribution < -0.4 is 5.32 Å². The molecule has 0 radical (unpaired) electrons. The van der Waals surface area contributed by atoms with Gasteiger partial charge in [-0.1, -0.05) is 16.8 Å². The third kappa shape index (κ3) is 2.54. The average Bonchev–Trinajstić information content (AvgIpc) is 2.80. The normalized spacial score (nSPS) is 10.1. The third-order valence-corrected chi connectivity index (χ3v) is 2.15. The van der Waals surface area contributed by atoms with Gasteiger partial charge in [-0.25, -0.2) is 0 Å². The maximum Gasteiger partial charge on any atom is 0.251 e. The summed E-state index contributed by atoms with van der Waals surface area (Å²) >= 11 is 5.71. The summed E-state index contributed by atoms with van der Waals surface area (Å²) in [7, 11) is 0. The van der Waals surface area contributed by atoms with E-state index in [0.717, 1.165) is 0 Å². The number of hydrogen-bond donors (Lipinski definition) is 2. The fourth-order valence-electron chi connectivity index (χ4n) is 1.12. The van der Waals surface area contributed by atoms with Crippen LogP contribution in [-0.4, -0.2) is 26.5 Å². The number of aromatic nitrogens is 4. The highest BCUT2D eigenvalue weighted by Crippen LogP contribution is 2.09. The highest BCUT2D eigenvalue weighted by atomic mass is 35.5. The summed E-state index contributed by atoms with van der Waals surface area (Å²) in [6, 6.07) is 6.61. The minimum absolute atomic E-state index is 0.207. The highest BCUT2D eigenvalue weighted by Gasteiger charge is 2.06. The zero-order valence-corrected chi connectivity index (χ0v) is 8.90. The molecule has 1 amide bonds. The molecule has 0 saturated heterocycles. The molecule has 6 nitrogen and oxygen atoms in total. The topological polar surface area (TPSA) is 83.6 Å². The zero-order chi connectivity index (χ0) is 11.4. The van der Waals surface area contributed by atoms with Crippen molar-refractivity contribution in [3.63, 3.8) is 0 Å². The van der Waals surface area contributed by atoms with Crippen LogP contribution in [0.15, 0.2) is 24.3 Å². The van der Waals surface area contributed by atoms with Gasteiger partial charge in [0.15, 0.2) is 5.82 Å². The van der Waals surface area contributed by atoms with Crippen LogP contribution in [0.25, 0.3) is 0 Å². The van der Waals surface area contributed by atoms with E-state index in [9.17, 15) is 4.79 Å². The Labute approximate surface area is 96.0 Å². The quantitative estimate of drug-likeness (QED) is 0.827. The van der Waals surface area contributed by atoms with Crippen molar-refractivity contribution in [1.82, 2.24) is 25.9 Å². The molecule has 7 heteroatoms. The summed E-state index contributed by atoms with van der Waals surface area (Å²) in [6.07, 6.45) is 0. The van der Waals surface area contributed by atoms with Crippen molar-refractivity contribution in [3.8, 4) is 0 Å². The molecule has 16 heavy (non-hydrogen) atoms. The molecule has 0 aliphatic heterocycles. The zero-order valence-electron chi connectivity index (χ0n) is 8.14. The van der Waals surface area contributed by atoms with Crippen LogP contribution >= 0.6 is 11.6 Å². The van der Waals surface area contributed by atoms with Crippen LogP contribution in [0.1, 0.15) is 16.2 Å². The minimum Gasteiger partial charge on any atom is -0.345 e.